The van der Waals surface area contributed by atoms with Gasteiger partial charge in [-0.15, -0.1) is 0 Å². The molecule has 0 radical (unpaired) electrons. The Labute approximate surface area is 279 Å². The summed E-state index contributed by atoms with van der Waals surface area (Å²) in [6.45, 7) is 23.0. The van der Waals surface area contributed by atoms with Crippen LogP contribution in [0, 0.1) is 5.41 Å². The fraction of sp³-hybridized carbons (Fsp3) is 0.774. The van der Waals surface area contributed by atoms with E-state index in [1.807, 2.05) is 0 Å². The summed E-state index contributed by atoms with van der Waals surface area (Å²) in [6, 6.07) is 0. The third kappa shape index (κ3) is 12.1. The normalized spacial score (nSPS) is 13.1. The molecule has 0 saturated carbocycles. The van der Waals surface area contributed by atoms with Crippen LogP contribution in [0.3, 0.4) is 0 Å². The zero-order valence-corrected chi connectivity index (χ0v) is 31.1. The first-order chi connectivity index (χ1) is 20.2. The van der Waals surface area contributed by atoms with Crippen LogP contribution in [-0.2, 0) is 33.6 Å². The number of amides is 7. The standard InChI is InChI=1S/C31H57N7O7S/c1-25(2,3)18(39)33-27(6,7)20(41)35-29(10,11)22(43)37-31(14,15)24(45)38-30(12,13)23(44)36-28(8,9)21(42)34-26(4,5)19(40)32-16-17-46/h46H,16-17H2,1-15H3,(H,32,40)(H,33,39)(H,34,42)(H,35,41)(H,36,44)(H,37,43)(H,38,45). The van der Waals surface area contributed by atoms with Crippen LogP contribution in [0.25, 0.3) is 0 Å². The van der Waals surface area contributed by atoms with E-state index in [1.165, 1.54) is 83.1 Å². The molecule has 0 aliphatic heterocycles. The zero-order chi connectivity index (χ0) is 36.9. The summed E-state index contributed by atoms with van der Waals surface area (Å²) < 4.78 is 0. The molecule has 0 bridgehead atoms. The number of carbonyl (C=O) groups is 7. The first-order valence-electron chi connectivity index (χ1n) is 15.1. The van der Waals surface area contributed by atoms with E-state index in [-0.39, 0.29) is 5.91 Å². The molecule has 0 heterocycles. The van der Waals surface area contributed by atoms with Crippen molar-refractivity contribution >= 4 is 54.0 Å². The summed E-state index contributed by atoms with van der Waals surface area (Å²) in [5, 5.41) is 18.4. The van der Waals surface area contributed by atoms with Gasteiger partial charge in [-0.05, 0) is 83.1 Å². The van der Waals surface area contributed by atoms with Gasteiger partial charge in [0.1, 0.15) is 33.2 Å². The number of rotatable bonds is 14. The van der Waals surface area contributed by atoms with Crippen molar-refractivity contribution < 1.29 is 33.6 Å². The fourth-order valence-corrected chi connectivity index (χ4v) is 3.51. The maximum atomic E-state index is 13.3. The van der Waals surface area contributed by atoms with Gasteiger partial charge in [-0.2, -0.15) is 12.6 Å². The van der Waals surface area contributed by atoms with Crippen LogP contribution in [0.15, 0.2) is 0 Å². The van der Waals surface area contributed by atoms with E-state index in [9.17, 15) is 33.6 Å². The van der Waals surface area contributed by atoms with Crippen molar-refractivity contribution in [2.45, 2.75) is 137 Å². The lowest BCUT2D eigenvalue weighted by atomic mass is 9.92. The minimum Gasteiger partial charge on any atom is -0.353 e. The minimum absolute atomic E-state index is 0.313. The largest absolute Gasteiger partial charge is 0.353 e. The molecule has 0 aromatic heterocycles. The lowest BCUT2D eigenvalue weighted by molar-refractivity contribution is -0.142. The van der Waals surface area contributed by atoms with E-state index in [1.54, 1.807) is 20.8 Å². The van der Waals surface area contributed by atoms with Gasteiger partial charge in [0.05, 0.1) is 0 Å². The van der Waals surface area contributed by atoms with Crippen molar-refractivity contribution in [2.75, 3.05) is 12.3 Å². The number of thiol groups is 1. The SMILES string of the molecule is CC(C)(C)C(=O)NC(C)(C)C(=O)NC(C)(C)C(=O)NC(C)(C)C(=O)NC(C)(C)C(=O)NC(C)(C)C(=O)NC(C)(C)C(=O)NCCS. The second-order valence-electron chi connectivity index (χ2n) is 15.7. The minimum atomic E-state index is -1.55. The summed E-state index contributed by atoms with van der Waals surface area (Å²) in [6.07, 6.45) is 0. The van der Waals surface area contributed by atoms with Crippen LogP contribution in [0.5, 0.6) is 0 Å². The Hall–Kier alpha value is -3.36. The van der Waals surface area contributed by atoms with Crippen molar-refractivity contribution in [1.82, 2.24) is 37.2 Å². The Morgan fingerprint density at radius 1 is 0.370 bits per heavy atom. The topological polar surface area (TPSA) is 204 Å². The van der Waals surface area contributed by atoms with Crippen molar-refractivity contribution in [1.29, 1.82) is 0 Å². The maximum Gasteiger partial charge on any atom is 0.246 e. The molecule has 0 fully saturated rings. The second-order valence-corrected chi connectivity index (χ2v) is 16.2. The van der Waals surface area contributed by atoms with E-state index < -0.39 is 74.1 Å². The van der Waals surface area contributed by atoms with Crippen molar-refractivity contribution in [3.63, 3.8) is 0 Å². The molecule has 0 aromatic rings. The van der Waals surface area contributed by atoms with E-state index in [4.69, 9.17) is 0 Å². The van der Waals surface area contributed by atoms with Gasteiger partial charge >= 0.3 is 0 Å². The maximum absolute atomic E-state index is 13.3. The smallest absolute Gasteiger partial charge is 0.246 e. The molecule has 7 N–H and O–H groups in total. The average molecular weight is 672 g/mol. The van der Waals surface area contributed by atoms with E-state index in [0.29, 0.717) is 12.3 Å². The Morgan fingerprint density at radius 2 is 0.565 bits per heavy atom. The highest BCUT2D eigenvalue weighted by molar-refractivity contribution is 7.80. The van der Waals surface area contributed by atoms with Crippen LogP contribution in [0.2, 0.25) is 0 Å². The lowest BCUT2D eigenvalue weighted by Gasteiger charge is -2.37. The van der Waals surface area contributed by atoms with Gasteiger partial charge in [0, 0.05) is 17.7 Å². The first-order valence-corrected chi connectivity index (χ1v) is 15.7. The molecule has 7 amide bonds. The fourth-order valence-electron chi connectivity index (χ4n) is 3.40. The molecule has 0 saturated heterocycles. The third-order valence-corrected chi connectivity index (χ3v) is 7.26. The Kier molecular flexibility index (Phi) is 13.5. The van der Waals surface area contributed by atoms with Gasteiger partial charge in [0.25, 0.3) is 0 Å². The van der Waals surface area contributed by atoms with Crippen LogP contribution in [-0.4, -0.2) is 86.9 Å². The number of hydrogen-bond acceptors (Lipinski definition) is 8. The summed E-state index contributed by atoms with van der Waals surface area (Å²) >= 11 is 4.05. The highest BCUT2D eigenvalue weighted by atomic mass is 32.1. The highest BCUT2D eigenvalue weighted by Crippen LogP contribution is 2.18. The van der Waals surface area contributed by atoms with Gasteiger partial charge in [-0.1, -0.05) is 20.8 Å². The number of nitrogens with one attached hydrogen (secondary N) is 7. The molecule has 0 aliphatic rings. The van der Waals surface area contributed by atoms with Crippen LogP contribution < -0.4 is 37.2 Å². The van der Waals surface area contributed by atoms with E-state index in [0.717, 1.165) is 0 Å². The Bertz CT molecular complexity index is 1220. The predicted molar refractivity (Wildman–Crippen MR) is 180 cm³/mol. The quantitative estimate of drug-likeness (QED) is 0.122. The van der Waals surface area contributed by atoms with Crippen LogP contribution >= 0.6 is 12.6 Å². The molecule has 46 heavy (non-hydrogen) atoms. The number of carbonyl (C=O) groups excluding carboxylic acids is 7. The van der Waals surface area contributed by atoms with Gasteiger partial charge in [-0.25, -0.2) is 0 Å². The second kappa shape index (κ2) is 14.6. The molecule has 0 rings (SSSR count). The summed E-state index contributed by atoms with van der Waals surface area (Å²) in [5.41, 5.74) is -9.44. The average Bonchev–Trinajstić information content (AvgIpc) is 2.84. The molecule has 264 valence electrons. The number of hydrogen-bond donors (Lipinski definition) is 8. The van der Waals surface area contributed by atoms with Gasteiger partial charge in [-0.3, -0.25) is 33.6 Å². The van der Waals surface area contributed by atoms with E-state index >= 15 is 0 Å². The van der Waals surface area contributed by atoms with Gasteiger partial charge in [0.2, 0.25) is 41.4 Å². The summed E-state index contributed by atoms with van der Waals surface area (Å²) in [4.78, 5) is 90.8. The summed E-state index contributed by atoms with van der Waals surface area (Å²) in [5.74, 6) is -3.71. The molecule has 0 spiro atoms. The van der Waals surface area contributed by atoms with Crippen molar-refractivity contribution in [3.8, 4) is 0 Å². The van der Waals surface area contributed by atoms with Crippen LogP contribution in [0.4, 0.5) is 0 Å². The molecular formula is C31H57N7O7S. The molecule has 0 unspecified atom stereocenters. The molecule has 0 atom stereocenters. The molecular weight excluding hydrogens is 614 g/mol. The van der Waals surface area contributed by atoms with Gasteiger partial charge in [0.15, 0.2) is 0 Å². The Morgan fingerprint density at radius 3 is 0.761 bits per heavy atom. The van der Waals surface area contributed by atoms with Crippen LogP contribution in [0.1, 0.15) is 104 Å². The third-order valence-electron chi connectivity index (χ3n) is 7.04. The van der Waals surface area contributed by atoms with Crippen molar-refractivity contribution in [2.24, 2.45) is 5.41 Å². The van der Waals surface area contributed by atoms with Gasteiger partial charge < -0.3 is 37.2 Å². The first kappa shape index (κ1) is 42.6. The molecule has 14 nitrogen and oxygen atoms in total. The molecule has 0 aliphatic carbocycles. The van der Waals surface area contributed by atoms with E-state index in [2.05, 4.69) is 49.8 Å². The highest BCUT2D eigenvalue weighted by Gasteiger charge is 2.44. The zero-order valence-electron chi connectivity index (χ0n) is 30.2. The molecule has 0 aromatic carbocycles. The lowest BCUT2D eigenvalue weighted by Crippen LogP contribution is -2.69. The molecule has 15 heteroatoms. The predicted octanol–water partition coefficient (Wildman–Crippen LogP) is 0.447. The Balaban J connectivity index is 5.56. The summed E-state index contributed by atoms with van der Waals surface area (Å²) in [7, 11) is 0. The monoisotopic (exact) mass is 671 g/mol. The van der Waals surface area contributed by atoms with Crippen molar-refractivity contribution in [3.05, 3.63) is 0 Å².